The maximum Gasteiger partial charge on any atom is 0.191 e. The van der Waals surface area contributed by atoms with Crippen molar-refractivity contribution in [3.8, 4) is 5.69 Å². The van der Waals surface area contributed by atoms with E-state index in [2.05, 4.69) is 14.8 Å². The van der Waals surface area contributed by atoms with Crippen LogP contribution < -0.4 is 0 Å². The van der Waals surface area contributed by atoms with Crippen LogP contribution >= 0.6 is 11.8 Å². The van der Waals surface area contributed by atoms with E-state index in [9.17, 15) is 9.18 Å². The van der Waals surface area contributed by atoms with Gasteiger partial charge in [0.2, 0.25) is 0 Å². The van der Waals surface area contributed by atoms with Crippen molar-refractivity contribution in [2.75, 3.05) is 5.75 Å². The predicted molar refractivity (Wildman–Crippen MR) is 108 cm³/mol. The lowest BCUT2D eigenvalue weighted by atomic mass is 10.2. The minimum absolute atomic E-state index is 0.0201. The van der Waals surface area contributed by atoms with Crippen molar-refractivity contribution >= 4 is 17.5 Å². The molecule has 0 atom stereocenters. The van der Waals surface area contributed by atoms with Crippen molar-refractivity contribution in [2.24, 2.45) is 0 Å². The van der Waals surface area contributed by atoms with Gasteiger partial charge in [-0.1, -0.05) is 30.3 Å². The molecule has 1 aliphatic heterocycles. The summed E-state index contributed by atoms with van der Waals surface area (Å²) in [6.45, 7) is 4.67. The van der Waals surface area contributed by atoms with Gasteiger partial charge in [-0.25, -0.2) is 4.39 Å². The molecule has 4 rings (SSSR count). The third-order valence-corrected chi connectivity index (χ3v) is 6.20. The first-order valence-electron chi connectivity index (χ1n) is 9.58. The molecule has 0 bridgehead atoms. The molecule has 0 aliphatic carbocycles. The molecule has 0 saturated carbocycles. The lowest BCUT2D eigenvalue weighted by Gasteiger charge is -2.10. The summed E-state index contributed by atoms with van der Waals surface area (Å²) in [5.41, 5.74) is 2.69. The number of ketones is 1. The second-order valence-electron chi connectivity index (χ2n) is 7.14. The Morgan fingerprint density at radius 2 is 2.00 bits per heavy atom. The van der Waals surface area contributed by atoms with Crippen molar-refractivity contribution in [3.05, 3.63) is 58.9 Å². The standard InChI is InChI=1S/C21H23FN4OS/c1-14-12-16(15(2)26(14)18-9-6-5-8-17(18)22)19(27)13-28-21-24-23-20-10-4-3-7-11-25(20)21/h5-6,8-9,12H,3-4,7,10-11,13H2,1-2H3. The minimum Gasteiger partial charge on any atom is -0.315 e. The highest BCUT2D eigenvalue weighted by atomic mass is 32.2. The van der Waals surface area contributed by atoms with Crippen LogP contribution in [0.1, 0.15) is 46.8 Å². The summed E-state index contributed by atoms with van der Waals surface area (Å²) in [6, 6.07) is 8.46. The molecule has 0 unspecified atom stereocenters. The van der Waals surface area contributed by atoms with Gasteiger partial charge in [-0.2, -0.15) is 0 Å². The van der Waals surface area contributed by atoms with Gasteiger partial charge in [-0.05, 0) is 44.9 Å². The van der Waals surface area contributed by atoms with Crippen molar-refractivity contribution < 1.29 is 9.18 Å². The number of rotatable bonds is 5. The van der Waals surface area contributed by atoms with Crippen molar-refractivity contribution in [1.29, 1.82) is 0 Å². The monoisotopic (exact) mass is 398 g/mol. The highest BCUT2D eigenvalue weighted by Gasteiger charge is 2.20. The van der Waals surface area contributed by atoms with Gasteiger partial charge in [-0.3, -0.25) is 4.79 Å². The van der Waals surface area contributed by atoms with E-state index in [4.69, 9.17) is 0 Å². The average molecular weight is 399 g/mol. The number of carbonyl (C=O) groups is 1. The molecule has 28 heavy (non-hydrogen) atoms. The second kappa shape index (κ2) is 7.91. The Morgan fingerprint density at radius 1 is 1.18 bits per heavy atom. The largest absolute Gasteiger partial charge is 0.315 e. The fourth-order valence-corrected chi connectivity index (χ4v) is 4.69. The first-order valence-corrected chi connectivity index (χ1v) is 10.6. The molecule has 0 saturated heterocycles. The number of halogens is 1. The van der Waals surface area contributed by atoms with Crippen molar-refractivity contribution in [2.45, 2.75) is 51.2 Å². The minimum atomic E-state index is -0.302. The van der Waals surface area contributed by atoms with Crippen LogP contribution in [0.3, 0.4) is 0 Å². The number of benzene rings is 1. The SMILES string of the molecule is Cc1cc(C(=O)CSc2nnc3n2CCCCC3)c(C)n1-c1ccccc1F. The van der Waals surface area contributed by atoms with Crippen LogP contribution in [0.5, 0.6) is 0 Å². The summed E-state index contributed by atoms with van der Waals surface area (Å²) < 4.78 is 18.2. The van der Waals surface area contributed by atoms with Crippen LogP contribution in [0.2, 0.25) is 0 Å². The van der Waals surface area contributed by atoms with Gasteiger partial charge in [0, 0.05) is 29.9 Å². The number of hydrogen-bond acceptors (Lipinski definition) is 4. The summed E-state index contributed by atoms with van der Waals surface area (Å²) >= 11 is 1.43. The van der Waals surface area contributed by atoms with Gasteiger partial charge in [0.15, 0.2) is 10.9 Å². The van der Waals surface area contributed by atoms with Crippen molar-refractivity contribution in [1.82, 2.24) is 19.3 Å². The first-order chi connectivity index (χ1) is 13.6. The Hall–Kier alpha value is -2.41. The van der Waals surface area contributed by atoms with E-state index >= 15 is 0 Å². The van der Waals surface area contributed by atoms with Crippen LogP contribution in [0.25, 0.3) is 5.69 Å². The Labute approximate surface area is 168 Å². The number of nitrogens with zero attached hydrogens (tertiary/aromatic N) is 4. The lowest BCUT2D eigenvalue weighted by molar-refractivity contribution is 0.102. The van der Waals surface area contributed by atoms with Crippen LogP contribution in [-0.2, 0) is 13.0 Å². The molecule has 3 heterocycles. The zero-order chi connectivity index (χ0) is 19.7. The molecule has 0 fully saturated rings. The summed E-state index contributed by atoms with van der Waals surface area (Å²) in [4.78, 5) is 12.9. The quantitative estimate of drug-likeness (QED) is 0.468. The molecule has 0 amide bonds. The number of Topliss-reactive ketones (excluding diaryl/α,β-unsaturated/α-hetero) is 1. The molecule has 146 valence electrons. The zero-order valence-corrected chi connectivity index (χ0v) is 16.9. The Balaban J connectivity index is 1.54. The van der Waals surface area contributed by atoms with E-state index in [1.54, 1.807) is 22.8 Å². The first kappa shape index (κ1) is 18.9. The predicted octanol–water partition coefficient (Wildman–Crippen LogP) is 4.53. The molecule has 0 N–H and O–H groups in total. The third-order valence-electron chi connectivity index (χ3n) is 5.23. The van der Waals surface area contributed by atoms with Crippen LogP contribution in [-0.4, -0.2) is 30.9 Å². The molecule has 7 heteroatoms. The normalized spacial score (nSPS) is 14.0. The maximum absolute atomic E-state index is 14.2. The number of carbonyl (C=O) groups excluding carboxylic acids is 1. The molecule has 3 aromatic rings. The Morgan fingerprint density at radius 3 is 2.82 bits per heavy atom. The van der Waals surface area contributed by atoms with Crippen molar-refractivity contribution in [3.63, 3.8) is 0 Å². The van der Waals surface area contributed by atoms with E-state index in [1.165, 1.54) is 24.2 Å². The van der Waals surface area contributed by atoms with Gasteiger partial charge in [0.1, 0.15) is 11.6 Å². The highest BCUT2D eigenvalue weighted by Crippen LogP contribution is 2.26. The summed E-state index contributed by atoms with van der Waals surface area (Å²) in [7, 11) is 0. The number of hydrogen-bond donors (Lipinski definition) is 0. The van der Waals surface area contributed by atoms with Crippen LogP contribution in [0.15, 0.2) is 35.5 Å². The van der Waals surface area contributed by atoms with Crippen LogP contribution in [0.4, 0.5) is 4.39 Å². The van der Waals surface area contributed by atoms with Gasteiger partial charge in [-0.15, -0.1) is 10.2 Å². The average Bonchev–Trinajstić information content (AvgIpc) is 3.10. The number of fused-ring (bicyclic) bond motifs is 1. The Bertz CT molecular complexity index is 1020. The van der Waals surface area contributed by atoms with Crippen LogP contribution in [0, 0.1) is 19.7 Å². The highest BCUT2D eigenvalue weighted by molar-refractivity contribution is 7.99. The Kier molecular flexibility index (Phi) is 5.35. The number of para-hydroxylation sites is 1. The van der Waals surface area contributed by atoms with Gasteiger partial charge in [0.05, 0.1) is 11.4 Å². The molecular weight excluding hydrogens is 375 g/mol. The smallest absolute Gasteiger partial charge is 0.191 e. The second-order valence-corrected chi connectivity index (χ2v) is 8.09. The number of thioether (sulfide) groups is 1. The fraction of sp³-hybridized carbons (Fsp3) is 0.381. The van der Waals surface area contributed by atoms with E-state index in [1.807, 2.05) is 19.9 Å². The number of aromatic nitrogens is 4. The molecule has 2 aromatic heterocycles. The maximum atomic E-state index is 14.2. The molecule has 1 aliphatic rings. The summed E-state index contributed by atoms with van der Waals surface area (Å²) in [6.07, 6.45) is 4.42. The molecular formula is C21H23FN4OS. The van der Waals surface area contributed by atoms with Gasteiger partial charge < -0.3 is 9.13 Å². The lowest BCUT2D eigenvalue weighted by Crippen LogP contribution is -2.08. The van der Waals surface area contributed by atoms with E-state index in [0.717, 1.165) is 48.2 Å². The summed E-state index contributed by atoms with van der Waals surface area (Å²) in [5, 5.41) is 9.38. The summed E-state index contributed by atoms with van der Waals surface area (Å²) in [5.74, 6) is 1.03. The third kappa shape index (κ3) is 3.51. The van der Waals surface area contributed by atoms with E-state index in [-0.39, 0.29) is 11.6 Å². The molecule has 1 aromatic carbocycles. The fourth-order valence-electron chi connectivity index (χ4n) is 3.82. The molecule has 0 spiro atoms. The zero-order valence-electron chi connectivity index (χ0n) is 16.1. The molecule has 5 nitrogen and oxygen atoms in total. The molecule has 0 radical (unpaired) electrons. The van der Waals surface area contributed by atoms with E-state index in [0.29, 0.717) is 17.0 Å². The van der Waals surface area contributed by atoms with Gasteiger partial charge in [0.25, 0.3) is 0 Å². The topological polar surface area (TPSA) is 52.7 Å². The van der Waals surface area contributed by atoms with Gasteiger partial charge >= 0.3 is 0 Å². The number of aryl methyl sites for hydroxylation is 2. The van der Waals surface area contributed by atoms with E-state index < -0.39 is 0 Å².